The molecule has 2 rings (SSSR count). The summed E-state index contributed by atoms with van der Waals surface area (Å²) >= 11 is 1.69. The first-order chi connectivity index (χ1) is 9.65. The summed E-state index contributed by atoms with van der Waals surface area (Å²) in [6.07, 6.45) is 0. The van der Waals surface area contributed by atoms with Gasteiger partial charge < -0.3 is 10.1 Å². The molecule has 108 valence electrons. The largest absolute Gasteiger partial charge is 0.487 e. The van der Waals surface area contributed by atoms with Gasteiger partial charge in [-0.1, -0.05) is 32.0 Å². The van der Waals surface area contributed by atoms with Crippen LogP contribution in [0, 0.1) is 12.8 Å². The number of hydrogen-bond donors (Lipinski definition) is 1. The molecule has 1 heterocycles. The molecule has 0 aliphatic rings. The lowest BCUT2D eigenvalue weighted by molar-refractivity contribution is 0.300. The third-order valence-corrected chi connectivity index (χ3v) is 3.79. The van der Waals surface area contributed by atoms with E-state index in [1.165, 1.54) is 0 Å². The van der Waals surface area contributed by atoms with Gasteiger partial charge in [-0.15, -0.1) is 11.3 Å². The molecule has 0 aliphatic carbocycles. The third kappa shape index (κ3) is 4.62. The highest BCUT2D eigenvalue weighted by Crippen LogP contribution is 2.18. The van der Waals surface area contributed by atoms with Gasteiger partial charge in [-0.05, 0) is 31.0 Å². The van der Waals surface area contributed by atoms with Crippen molar-refractivity contribution in [1.29, 1.82) is 0 Å². The second-order valence-corrected chi connectivity index (χ2v) is 6.25. The molecule has 1 aromatic heterocycles. The molecule has 20 heavy (non-hydrogen) atoms. The number of aryl methyl sites for hydroxylation is 1. The summed E-state index contributed by atoms with van der Waals surface area (Å²) in [6, 6.07) is 8.05. The maximum absolute atomic E-state index is 5.80. The lowest BCUT2D eigenvalue weighted by atomic mass is 10.2. The SMILES string of the molecule is Cc1ccccc1OCc1csc(CNCC(C)C)n1. The van der Waals surface area contributed by atoms with Crippen LogP contribution in [0.3, 0.4) is 0 Å². The van der Waals surface area contributed by atoms with E-state index in [0.29, 0.717) is 12.5 Å². The summed E-state index contributed by atoms with van der Waals surface area (Å²) in [5.41, 5.74) is 2.15. The fourth-order valence-electron chi connectivity index (χ4n) is 1.83. The van der Waals surface area contributed by atoms with E-state index < -0.39 is 0 Å². The van der Waals surface area contributed by atoms with Crippen molar-refractivity contribution in [2.75, 3.05) is 6.54 Å². The van der Waals surface area contributed by atoms with Gasteiger partial charge in [-0.3, -0.25) is 0 Å². The van der Waals surface area contributed by atoms with Gasteiger partial charge >= 0.3 is 0 Å². The second kappa shape index (κ2) is 7.41. The number of nitrogens with zero attached hydrogens (tertiary/aromatic N) is 1. The highest BCUT2D eigenvalue weighted by molar-refractivity contribution is 7.09. The Morgan fingerprint density at radius 3 is 2.85 bits per heavy atom. The third-order valence-electron chi connectivity index (χ3n) is 2.90. The molecular weight excluding hydrogens is 268 g/mol. The van der Waals surface area contributed by atoms with E-state index in [2.05, 4.69) is 42.5 Å². The van der Waals surface area contributed by atoms with Crippen LogP contribution in [0.5, 0.6) is 5.75 Å². The molecule has 0 unspecified atom stereocenters. The maximum Gasteiger partial charge on any atom is 0.131 e. The molecule has 3 nitrogen and oxygen atoms in total. The normalized spacial score (nSPS) is 11.0. The quantitative estimate of drug-likeness (QED) is 0.842. The molecule has 4 heteroatoms. The highest BCUT2D eigenvalue weighted by atomic mass is 32.1. The zero-order chi connectivity index (χ0) is 14.4. The lowest BCUT2D eigenvalue weighted by Gasteiger charge is -2.07. The predicted molar refractivity (Wildman–Crippen MR) is 84.2 cm³/mol. The van der Waals surface area contributed by atoms with Crippen LogP contribution in [0.25, 0.3) is 0 Å². The Bertz CT molecular complexity index is 537. The first kappa shape index (κ1) is 15.0. The molecule has 0 saturated heterocycles. The first-order valence-electron chi connectivity index (χ1n) is 6.97. The van der Waals surface area contributed by atoms with Gasteiger partial charge in [0.2, 0.25) is 0 Å². The average molecular weight is 290 g/mol. The van der Waals surface area contributed by atoms with Crippen molar-refractivity contribution in [3.05, 3.63) is 45.9 Å². The van der Waals surface area contributed by atoms with Crippen LogP contribution in [0.1, 0.15) is 30.1 Å². The predicted octanol–water partition coefficient (Wildman–Crippen LogP) is 3.78. The average Bonchev–Trinajstić information content (AvgIpc) is 2.85. The number of benzene rings is 1. The van der Waals surface area contributed by atoms with Crippen LogP contribution in [0.4, 0.5) is 0 Å². The van der Waals surface area contributed by atoms with Gasteiger partial charge in [-0.25, -0.2) is 4.98 Å². The van der Waals surface area contributed by atoms with Crippen LogP contribution < -0.4 is 10.1 Å². The standard InChI is InChI=1S/C16H22N2OS/c1-12(2)8-17-9-16-18-14(11-20-16)10-19-15-7-5-4-6-13(15)3/h4-7,11-12,17H,8-10H2,1-3H3. The van der Waals surface area contributed by atoms with Crippen LogP contribution in [-0.4, -0.2) is 11.5 Å². The van der Waals surface area contributed by atoms with Gasteiger partial charge in [0.15, 0.2) is 0 Å². The van der Waals surface area contributed by atoms with Crippen molar-refractivity contribution in [1.82, 2.24) is 10.3 Å². The Balaban J connectivity index is 1.82. The van der Waals surface area contributed by atoms with Crippen LogP contribution in [0.15, 0.2) is 29.6 Å². The van der Waals surface area contributed by atoms with Crippen molar-refractivity contribution in [2.45, 2.75) is 33.9 Å². The van der Waals surface area contributed by atoms with Crippen molar-refractivity contribution in [2.24, 2.45) is 5.92 Å². The fourth-order valence-corrected chi connectivity index (χ4v) is 2.58. The van der Waals surface area contributed by atoms with Crippen molar-refractivity contribution < 1.29 is 4.74 Å². The summed E-state index contributed by atoms with van der Waals surface area (Å²) in [5.74, 6) is 1.60. The molecule has 2 aromatic rings. The second-order valence-electron chi connectivity index (χ2n) is 5.31. The molecule has 1 N–H and O–H groups in total. The van der Waals surface area contributed by atoms with Crippen molar-refractivity contribution in [3.63, 3.8) is 0 Å². The molecule has 0 aliphatic heterocycles. The topological polar surface area (TPSA) is 34.1 Å². The first-order valence-corrected chi connectivity index (χ1v) is 7.85. The minimum atomic E-state index is 0.533. The van der Waals surface area contributed by atoms with E-state index >= 15 is 0 Å². The van der Waals surface area contributed by atoms with E-state index in [4.69, 9.17) is 4.74 Å². The van der Waals surface area contributed by atoms with Crippen LogP contribution in [0.2, 0.25) is 0 Å². The maximum atomic E-state index is 5.80. The van der Waals surface area contributed by atoms with Gasteiger partial charge in [0, 0.05) is 11.9 Å². The highest BCUT2D eigenvalue weighted by Gasteiger charge is 2.04. The van der Waals surface area contributed by atoms with Crippen LogP contribution in [-0.2, 0) is 13.2 Å². The minimum absolute atomic E-state index is 0.533. The summed E-state index contributed by atoms with van der Waals surface area (Å²) in [6.45, 7) is 8.86. The monoisotopic (exact) mass is 290 g/mol. The summed E-state index contributed by atoms with van der Waals surface area (Å²) < 4.78 is 5.80. The smallest absolute Gasteiger partial charge is 0.131 e. The minimum Gasteiger partial charge on any atom is -0.487 e. The Labute approximate surface area is 125 Å². The Morgan fingerprint density at radius 2 is 2.10 bits per heavy atom. The molecule has 0 saturated carbocycles. The summed E-state index contributed by atoms with van der Waals surface area (Å²) in [5, 5.41) is 6.60. The number of thiazole rings is 1. The van der Waals surface area contributed by atoms with E-state index in [-0.39, 0.29) is 0 Å². The number of para-hydroxylation sites is 1. The number of aromatic nitrogens is 1. The summed E-state index contributed by atoms with van der Waals surface area (Å²) in [7, 11) is 0. The molecule has 0 bridgehead atoms. The van der Waals surface area contributed by atoms with Gasteiger partial charge in [-0.2, -0.15) is 0 Å². The molecule has 0 spiro atoms. The molecular formula is C16H22N2OS. The number of hydrogen-bond acceptors (Lipinski definition) is 4. The van der Waals surface area contributed by atoms with E-state index in [9.17, 15) is 0 Å². The summed E-state index contributed by atoms with van der Waals surface area (Å²) in [4.78, 5) is 4.58. The molecule has 0 radical (unpaired) electrons. The Morgan fingerprint density at radius 1 is 1.30 bits per heavy atom. The van der Waals surface area contributed by atoms with E-state index in [1.54, 1.807) is 11.3 Å². The molecule has 0 amide bonds. The molecule has 0 atom stereocenters. The van der Waals surface area contributed by atoms with E-state index in [1.807, 2.05) is 18.2 Å². The van der Waals surface area contributed by atoms with Gasteiger partial charge in [0.1, 0.15) is 17.4 Å². The van der Waals surface area contributed by atoms with E-state index in [0.717, 1.165) is 35.1 Å². The van der Waals surface area contributed by atoms with Crippen LogP contribution >= 0.6 is 11.3 Å². The van der Waals surface area contributed by atoms with Crippen molar-refractivity contribution >= 4 is 11.3 Å². The van der Waals surface area contributed by atoms with Crippen molar-refractivity contribution in [3.8, 4) is 5.75 Å². The molecule has 0 fully saturated rings. The van der Waals surface area contributed by atoms with Gasteiger partial charge in [0.05, 0.1) is 5.69 Å². The van der Waals surface area contributed by atoms with Gasteiger partial charge in [0.25, 0.3) is 0 Å². The Kier molecular flexibility index (Phi) is 5.56. The lowest BCUT2D eigenvalue weighted by Crippen LogP contribution is -2.18. The number of ether oxygens (including phenoxy) is 1. The fraction of sp³-hybridized carbons (Fsp3) is 0.438. The zero-order valence-corrected chi connectivity index (χ0v) is 13.2. The Hall–Kier alpha value is -1.39. The zero-order valence-electron chi connectivity index (χ0n) is 12.3. The number of nitrogens with one attached hydrogen (secondary N) is 1. The number of rotatable bonds is 7. The molecule has 1 aromatic carbocycles.